The lowest BCUT2D eigenvalue weighted by Crippen LogP contribution is -1.90. The molecule has 5 heteroatoms. The van der Waals surface area contributed by atoms with Gasteiger partial charge in [-0.3, -0.25) is 0 Å². The van der Waals surface area contributed by atoms with Gasteiger partial charge in [-0.2, -0.15) is 4.98 Å². The van der Waals surface area contributed by atoms with Crippen molar-refractivity contribution in [2.45, 2.75) is 6.61 Å². The SMILES string of the molecule is OCc1ccccc1Oc1nc(Br)cs1. The minimum absolute atomic E-state index is 0.0390. The number of ether oxygens (including phenoxy) is 1. The molecule has 0 fully saturated rings. The topological polar surface area (TPSA) is 42.4 Å². The van der Waals surface area contributed by atoms with Gasteiger partial charge in [0.05, 0.1) is 6.61 Å². The highest BCUT2D eigenvalue weighted by molar-refractivity contribution is 9.10. The number of aromatic nitrogens is 1. The predicted octanol–water partition coefficient (Wildman–Crippen LogP) is 3.19. The fraction of sp³-hybridized carbons (Fsp3) is 0.100. The van der Waals surface area contributed by atoms with Crippen molar-refractivity contribution in [1.29, 1.82) is 0 Å². The van der Waals surface area contributed by atoms with Gasteiger partial charge in [-0.15, -0.1) is 0 Å². The van der Waals surface area contributed by atoms with E-state index >= 15 is 0 Å². The van der Waals surface area contributed by atoms with Gasteiger partial charge in [0.1, 0.15) is 10.4 Å². The molecular formula is C10H8BrNO2S. The molecule has 1 aromatic heterocycles. The average Bonchev–Trinajstić information content (AvgIpc) is 2.65. The van der Waals surface area contributed by atoms with Crippen LogP contribution in [0.15, 0.2) is 34.2 Å². The molecular weight excluding hydrogens is 278 g/mol. The number of aliphatic hydroxyl groups excluding tert-OH is 1. The van der Waals surface area contributed by atoms with Crippen LogP contribution in [0.2, 0.25) is 0 Å². The van der Waals surface area contributed by atoms with E-state index < -0.39 is 0 Å². The molecule has 0 saturated carbocycles. The Balaban J connectivity index is 2.23. The summed E-state index contributed by atoms with van der Waals surface area (Å²) in [5.41, 5.74) is 0.754. The second-order valence-electron chi connectivity index (χ2n) is 2.80. The molecule has 15 heavy (non-hydrogen) atoms. The first-order valence-electron chi connectivity index (χ1n) is 4.27. The zero-order valence-corrected chi connectivity index (χ0v) is 10.1. The molecule has 1 N–H and O–H groups in total. The number of para-hydroxylation sites is 1. The zero-order valence-electron chi connectivity index (χ0n) is 7.68. The Morgan fingerprint density at radius 1 is 1.40 bits per heavy atom. The van der Waals surface area contributed by atoms with Crippen LogP contribution in [0.3, 0.4) is 0 Å². The molecule has 0 radical (unpaired) electrons. The third-order valence-corrected chi connectivity index (χ3v) is 3.22. The number of halogens is 1. The van der Waals surface area contributed by atoms with Crippen LogP contribution in [0.1, 0.15) is 5.56 Å². The van der Waals surface area contributed by atoms with E-state index in [9.17, 15) is 0 Å². The summed E-state index contributed by atoms with van der Waals surface area (Å²) in [5, 5.41) is 11.5. The zero-order chi connectivity index (χ0) is 10.7. The minimum Gasteiger partial charge on any atom is -0.430 e. The van der Waals surface area contributed by atoms with Gasteiger partial charge in [-0.05, 0) is 22.0 Å². The van der Waals surface area contributed by atoms with Crippen LogP contribution in [0.4, 0.5) is 0 Å². The van der Waals surface area contributed by atoms with Crippen LogP contribution in [0, 0.1) is 0 Å². The molecule has 3 nitrogen and oxygen atoms in total. The largest absolute Gasteiger partial charge is 0.430 e. The molecule has 0 bridgehead atoms. The highest BCUT2D eigenvalue weighted by Gasteiger charge is 2.05. The number of rotatable bonds is 3. The van der Waals surface area contributed by atoms with Crippen molar-refractivity contribution in [3.05, 3.63) is 39.8 Å². The molecule has 1 aromatic carbocycles. The Hall–Kier alpha value is -0.910. The molecule has 0 aliphatic rings. The van der Waals surface area contributed by atoms with Crippen molar-refractivity contribution in [1.82, 2.24) is 4.98 Å². The lowest BCUT2D eigenvalue weighted by Gasteiger charge is -2.05. The van der Waals surface area contributed by atoms with Gasteiger partial charge in [-0.1, -0.05) is 29.5 Å². The number of hydrogen-bond donors (Lipinski definition) is 1. The van der Waals surface area contributed by atoms with E-state index in [0.717, 1.165) is 10.2 Å². The van der Waals surface area contributed by atoms with Crippen LogP contribution >= 0.6 is 27.3 Å². The highest BCUT2D eigenvalue weighted by atomic mass is 79.9. The van der Waals surface area contributed by atoms with Crippen LogP contribution in [0.25, 0.3) is 0 Å². The Bertz CT molecular complexity index is 458. The van der Waals surface area contributed by atoms with E-state index in [2.05, 4.69) is 20.9 Å². The lowest BCUT2D eigenvalue weighted by molar-refractivity contribution is 0.276. The highest BCUT2D eigenvalue weighted by Crippen LogP contribution is 2.29. The number of aliphatic hydroxyl groups is 1. The van der Waals surface area contributed by atoms with Crippen LogP contribution < -0.4 is 4.74 Å². The Kier molecular flexibility index (Phi) is 3.35. The molecule has 0 saturated heterocycles. The van der Waals surface area contributed by atoms with Gasteiger partial charge in [0.15, 0.2) is 0 Å². The van der Waals surface area contributed by atoms with Crippen LogP contribution in [0.5, 0.6) is 10.9 Å². The normalized spacial score (nSPS) is 10.3. The minimum atomic E-state index is -0.0390. The summed E-state index contributed by atoms with van der Waals surface area (Å²) in [7, 11) is 0. The van der Waals surface area contributed by atoms with E-state index in [1.807, 2.05) is 23.6 Å². The summed E-state index contributed by atoms with van der Waals surface area (Å²) in [6.07, 6.45) is 0. The van der Waals surface area contributed by atoms with E-state index in [0.29, 0.717) is 10.9 Å². The van der Waals surface area contributed by atoms with Crippen molar-refractivity contribution >= 4 is 27.3 Å². The molecule has 0 unspecified atom stereocenters. The second kappa shape index (κ2) is 4.74. The fourth-order valence-electron chi connectivity index (χ4n) is 1.11. The van der Waals surface area contributed by atoms with Crippen molar-refractivity contribution in [2.24, 2.45) is 0 Å². The maximum absolute atomic E-state index is 9.10. The van der Waals surface area contributed by atoms with E-state index in [1.54, 1.807) is 6.07 Å². The summed E-state index contributed by atoms with van der Waals surface area (Å²) >= 11 is 4.65. The Morgan fingerprint density at radius 3 is 2.87 bits per heavy atom. The summed E-state index contributed by atoms with van der Waals surface area (Å²) < 4.78 is 6.29. The predicted molar refractivity (Wildman–Crippen MR) is 62.3 cm³/mol. The molecule has 0 atom stereocenters. The maximum atomic E-state index is 9.10. The van der Waals surface area contributed by atoms with Gasteiger partial charge in [0, 0.05) is 10.9 Å². The second-order valence-corrected chi connectivity index (χ2v) is 4.44. The molecule has 1 heterocycles. The maximum Gasteiger partial charge on any atom is 0.279 e. The van der Waals surface area contributed by atoms with Gasteiger partial charge >= 0.3 is 0 Å². The molecule has 2 aromatic rings. The Morgan fingerprint density at radius 2 is 2.20 bits per heavy atom. The number of thiazole rings is 1. The first-order valence-corrected chi connectivity index (χ1v) is 5.94. The van der Waals surface area contributed by atoms with Crippen molar-refractivity contribution in [2.75, 3.05) is 0 Å². The third-order valence-electron chi connectivity index (χ3n) is 1.80. The third kappa shape index (κ3) is 2.56. The van der Waals surface area contributed by atoms with Crippen LogP contribution in [-0.2, 0) is 6.61 Å². The van der Waals surface area contributed by atoms with E-state index in [4.69, 9.17) is 9.84 Å². The number of benzene rings is 1. The van der Waals surface area contributed by atoms with Crippen molar-refractivity contribution in [3.63, 3.8) is 0 Å². The molecule has 0 amide bonds. The molecule has 0 aliphatic heterocycles. The summed E-state index contributed by atoms with van der Waals surface area (Å²) in [6.45, 7) is -0.0390. The molecule has 2 rings (SSSR count). The summed E-state index contributed by atoms with van der Waals surface area (Å²) in [6, 6.07) is 7.34. The van der Waals surface area contributed by atoms with E-state index in [1.165, 1.54) is 11.3 Å². The fourth-order valence-corrected chi connectivity index (χ4v) is 2.21. The van der Waals surface area contributed by atoms with E-state index in [-0.39, 0.29) is 6.61 Å². The monoisotopic (exact) mass is 285 g/mol. The molecule has 78 valence electrons. The Labute approximate surface area is 99.5 Å². The number of hydrogen-bond acceptors (Lipinski definition) is 4. The first-order chi connectivity index (χ1) is 7.29. The number of nitrogens with zero attached hydrogens (tertiary/aromatic N) is 1. The summed E-state index contributed by atoms with van der Waals surface area (Å²) in [4.78, 5) is 4.11. The van der Waals surface area contributed by atoms with Crippen LogP contribution in [-0.4, -0.2) is 10.1 Å². The van der Waals surface area contributed by atoms with Gasteiger partial charge in [0.25, 0.3) is 5.19 Å². The summed E-state index contributed by atoms with van der Waals surface area (Å²) in [5.74, 6) is 0.641. The van der Waals surface area contributed by atoms with Gasteiger partial charge < -0.3 is 9.84 Å². The standard InChI is InChI=1S/C10H8BrNO2S/c11-9-6-15-10(12-9)14-8-4-2-1-3-7(8)5-13/h1-4,6,13H,5H2. The van der Waals surface area contributed by atoms with Crippen molar-refractivity contribution in [3.8, 4) is 10.9 Å². The average molecular weight is 286 g/mol. The lowest BCUT2D eigenvalue weighted by atomic mass is 10.2. The first kappa shape index (κ1) is 10.6. The van der Waals surface area contributed by atoms with Crippen molar-refractivity contribution < 1.29 is 9.84 Å². The molecule has 0 spiro atoms. The van der Waals surface area contributed by atoms with Gasteiger partial charge in [0.2, 0.25) is 0 Å². The van der Waals surface area contributed by atoms with Gasteiger partial charge in [-0.25, -0.2) is 0 Å². The molecule has 0 aliphatic carbocycles. The quantitative estimate of drug-likeness (QED) is 0.942. The smallest absolute Gasteiger partial charge is 0.279 e.